The van der Waals surface area contributed by atoms with Crippen LogP contribution in [0.4, 0.5) is 0 Å². The molecule has 110 valence electrons. The zero-order valence-corrected chi connectivity index (χ0v) is 12.1. The van der Waals surface area contributed by atoms with Gasteiger partial charge in [-0.25, -0.2) is 8.42 Å². The van der Waals surface area contributed by atoms with Gasteiger partial charge in [-0.3, -0.25) is 9.78 Å². The smallest absolute Gasteiger partial charge is 0.324 e. The first-order valence-electron chi connectivity index (χ1n) is 6.49. The summed E-state index contributed by atoms with van der Waals surface area (Å²) in [4.78, 5) is 15.2. The van der Waals surface area contributed by atoms with Crippen molar-refractivity contribution in [2.24, 2.45) is 0 Å². The van der Waals surface area contributed by atoms with Crippen molar-refractivity contribution >= 4 is 16.0 Å². The molecule has 20 heavy (non-hydrogen) atoms. The highest BCUT2D eigenvalue weighted by Crippen LogP contribution is 2.32. The number of carbonyl (C=O) groups is 1. The number of pyridine rings is 1. The highest BCUT2D eigenvalue weighted by atomic mass is 32.2. The molecule has 0 spiro atoms. The van der Waals surface area contributed by atoms with Crippen molar-refractivity contribution in [1.82, 2.24) is 9.29 Å². The third-order valence-corrected chi connectivity index (χ3v) is 5.75. The quantitative estimate of drug-likeness (QED) is 0.872. The zero-order chi connectivity index (χ0) is 14.8. The van der Waals surface area contributed by atoms with Crippen LogP contribution in [0.5, 0.6) is 0 Å². The molecule has 2 heterocycles. The summed E-state index contributed by atoms with van der Waals surface area (Å²) in [5, 5.41) is 9.28. The first-order chi connectivity index (χ1) is 9.36. The van der Waals surface area contributed by atoms with Crippen LogP contribution in [0.2, 0.25) is 0 Å². The average Bonchev–Trinajstić information content (AvgIpc) is 2.82. The minimum absolute atomic E-state index is 0.0834. The molecule has 0 radical (unpaired) electrons. The summed E-state index contributed by atoms with van der Waals surface area (Å²) in [6.07, 6.45) is 4.52. The molecule has 1 fully saturated rings. The third-order valence-electron chi connectivity index (χ3n) is 3.77. The summed E-state index contributed by atoms with van der Waals surface area (Å²) in [5.41, 5.74) is -0.434. The van der Waals surface area contributed by atoms with Crippen molar-refractivity contribution in [3.63, 3.8) is 0 Å². The lowest BCUT2D eigenvalue weighted by molar-refractivity contribution is -0.146. The Balaban J connectivity index is 2.12. The van der Waals surface area contributed by atoms with Gasteiger partial charge in [0.15, 0.2) is 0 Å². The fourth-order valence-electron chi connectivity index (χ4n) is 2.50. The van der Waals surface area contributed by atoms with Gasteiger partial charge in [-0.15, -0.1) is 0 Å². The third kappa shape index (κ3) is 2.83. The van der Waals surface area contributed by atoms with Gasteiger partial charge in [0, 0.05) is 18.9 Å². The Hall–Kier alpha value is -1.47. The minimum atomic E-state index is -3.58. The second-order valence-corrected chi connectivity index (χ2v) is 7.19. The molecule has 0 aliphatic carbocycles. The standard InChI is InChI=1S/C13H18N2O4S/c1-13(12(16)17)6-2-9-15(13)20(18,19)10-5-11-3-7-14-8-4-11/h3-4,7-8H,2,5-6,9-10H2,1H3,(H,16,17). The van der Waals surface area contributed by atoms with Crippen LogP contribution in [0.15, 0.2) is 24.5 Å². The number of sulfonamides is 1. The molecule has 1 N–H and O–H groups in total. The molecule has 1 aliphatic heterocycles. The second kappa shape index (κ2) is 5.49. The number of nitrogens with zero attached hydrogens (tertiary/aromatic N) is 2. The Kier molecular flexibility index (Phi) is 4.10. The molecule has 1 unspecified atom stereocenters. The highest BCUT2D eigenvalue weighted by Gasteiger charge is 2.48. The van der Waals surface area contributed by atoms with Gasteiger partial charge in [-0.2, -0.15) is 4.31 Å². The van der Waals surface area contributed by atoms with Gasteiger partial charge >= 0.3 is 5.97 Å². The molecule has 7 heteroatoms. The minimum Gasteiger partial charge on any atom is -0.480 e. The van der Waals surface area contributed by atoms with Crippen LogP contribution in [0.1, 0.15) is 25.3 Å². The van der Waals surface area contributed by atoms with Crippen LogP contribution in [0.3, 0.4) is 0 Å². The molecule has 1 aliphatic rings. The van der Waals surface area contributed by atoms with Crippen molar-refractivity contribution < 1.29 is 18.3 Å². The lowest BCUT2D eigenvalue weighted by Gasteiger charge is -2.30. The van der Waals surface area contributed by atoms with Crippen LogP contribution < -0.4 is 0 Å². The summed E-state index contributed by atoms with van der Waals surface area (Å²) in [7, 11) is -3.58. The topological polar surface area (TPSA) is 87.6 Å². The molecule has 0 saturated carbocycles. The first-order valence-corrected chi connectivity index (χ1v) is 8.10. The zero-order valence-electron chi connectivity index (χ0n) is 11.3. The van der Waals surface area contributed by atoms with Crippen molar-refractivity contribution in [3.05, 3.63) is 30.1 Å². The number of carboxylic acid groups (broad SMARTS) is 1. The van der Waals surface area contributed by atoms with Crippen LogP contribution in [-0.4, -0.2) is 46.6 Å². The second-order valence-electron chi connectivity index (χ2n) is 5.18. The van der Waals surface area contributed by atoms with Gasteiger partial charge in [0.2, 0.25) is 10.0 Å². The molecule has 6 nitrogen and oxygen atoms in total. The molecule has 0 bridgehead atoms. The summed E-state index contributed by atoms with van der Waals surface area (Å²) in [5.74, 6) is -1.16. The Bertz CT molecular complexity index is 588. The molecule has 1 atom stereocenters. The molecule has 2 rings (SSSR count). The molecular weight excluding hydrogens is 280 g/mol. The highest BCUT2D eigenvalue weighted by molar-refractivity contribution is 7.89. The van der Waals surface area contributed by atoms with Crippen LogP contribution >= 0.6 is 0 Å². The number of aromatic nitrogens is 1. The average molecular weight is 298 g/mol. The number of rotatable bonds is 5. The molecular formula is C13H18N2O4S. The fourth-order valence-corrected chi connectivity index (χ4v) is 4.41. The first kappa shape index (κ1) is 14.9. The molecule has 1 aromatic rings. The molecule has 0 amide bonds. The number of aliphatic carboxylic acids is 1. The molecule has 1 saturated heterocycles. The summed E-state index contributed by atoms with van der Waals surface area (Å²) >= 11 is 0. The van der Waals surface area contributed by atoms with Crippen molar-refractivity contribution in [3.8, 4) is 0 Å². The SMILES string of the molecule is CC1(C(=O)O)CCCN1S(=O)(=O)CCc1ccncc1. The van der Waals surface area contributed by atoms with Gasteiger partial charge in [-0.1, -0.05) is 0 Å². The van der Waals surface area contributed by atoms with Crippen molar-refractivity contribution in [2.45, 2.75) is 31.7 Å². The van der Waals surface area contributed by atoms with Gasteiger partial charge in [0.1, 0.15) is 5.54 Å². The maximum Gasteiger partial charge on any atom is 0.324 e. The van der Waals surface area contributed by atoms with Gasteiger partial charge in [0.25, 0.3) is 0 Å². The Labute approximate surface area is 118 Å². The number of aryl methyl sites for hydroxylation is 1. The Morgan fingerprint density at radius 2 is 2.10 bits per heavy atom. The van der Waals surface area contributed by atoms with E-state index in [4.69, 9.17) is 0 Å². The number of carboxylic acids is 1. The monoisotopic (exact) mass is 298 g/mol. The van der Waals surface area contributed by atoms with E-state index in [1.54, 1.807) is 24.5 Å². The molecule has 1 aromatic heterocycles. The maximum atomic E-state index is 12.4. The van der Waals surface area contributed by atoms with E-state index in [1.807, 2.05) is 0 Å². The van der Waals surface area contributed by atoms with Crippen LogP contribution in [-0.2, 0) is 21.2 Å². The van der Waals surface area contributed by atoms with E-state index in [2.05, 4.69) is 4.98 Å². The largest absolute Gasteiger partial charge is 0.480 e. The van der Waals surface area contributed by atoms with E-state index in [-0.39, 0.29) is 12.3 Å². The van der Waals surface area contributed by atoms with Crippen LogP contribution in [0, 0.1) is 0 Å². The summed E-state index contributed by atoms with van der Waals surface area (Å²) in [6.45, 7) is 1.76. The lowest BCUT2D eigenvalue weighted by atomic mass is 10.0. The van der Waals surface area contributed by atoms with Gasteiger partial charge < -0.3 is 5.11 Å². The number of hydrogen-bond donors (Lipinski definition) is 1. The number of hydrogen-bond acceptors (Lipinski definition) is 4. The van der Waals surface area contributed by atoms with E-state index in [0.29, 0.717) is 19.3 Å². The molecule has 0 aromatic carbocycles. The van der Waals surface area contributed by atoms with E-state index in [1.165, 1.54) is 6.92 Å². The van der Waals surface area contributed by atoms with Gasteiger partial charge in [0.05, 0.1) is 5.75 Å². The maximum absolute atomic E-state index is 12.4. The normalized spacial score (nSPS) is 23.9. The lowest BCUT2D eigenvalue weighted by Crippen LogP contribution is -2.51. The van der Waals surface area contributed by atoms with Crippen molar-refractivity contribution in [1.29, 1.82) is 0 Å². The fraction of sp³-hybridized carbons (Fsp3) is 0.538. The van der Waals surface area contributed by atoms with Crippen molar-refractivity contribution in [2.75, 3.05) is 12.3 Å². The van der Waals surface area contributed by atoms with Crippen LogP contribution in [0.25, 0.3) is 0 Å². The van der Waals surface area contributed by atoms with E-state index < -0.39 is 21.5 Å². The summed E-state index contributed by atoms with van der Waals surface area (Å²) < 4.78 is 25.9. The predicted molar refractivity (Wildman–Crippen MR) is 73.7 cm³/mol. The summed E-state index contributed by atoms with van der Waals surface area (Å²) in [6, 6.07) is 3.52. The van der Waals surface area contributed by atoms with E-state index in [9.17, 15) is 18.3 Å². The predicted octanol–water partition coefficient (Wildman–Crippen LogP) is 0.893. The Morgan fingerprint density at radius 3 is 2.70 bits per heavy atom. The van der Waals surface area contributed by atoms with Gasteiger partial charge in [-0.05, 0) is 43.9 Å². The van der Waals surface area contributed by atoms with E-state index >= 15 is 0 Å². The Morgan fingerprint density at radius 1 is 1.45 bits per heavy atom. The van der Waals surface area contributed by atoms with E-state index in [0.717, 1.165) is 9.87 Å².